The summed E-state index contributed by atoms with van der Waals surface area (Å²) in [6.45, 7) is 2.91. The monoisotopic (exact) mass is 512 g/mol. The Kier molecular flexibility index (Phi) is 10.4. The molecule has 0 bridgehead atoms. The van der Waals surface area contributed by atoms with Gasteiger partial charge in [0.05, 0.1) is 6.61 Å². The van der Waals surface area contributed by atoms with E-state index in [0.29, 0.717) is 32.4 Å². The lowest BCUT2D eigenvalue weighted by Crippen LogP contribution is -2.52. The first-order valence-corrected chi connectivity index (χ1v) is 14.0. The summed E-state index contributed by atoms with van der Waals surface area (Å²) in [7, 11) is 0. The fraction of sp³-hybridized carbons (Fsp3) is 0.394. The van der Waals surface area contributed by atoms with E-state index in [4.69, 9.17) is 4.74 Å². The Morgan fingerprint density at radius 1 is 0.895 bits per heavy atom. The van der Waals surface area contributed by atoms with E-state index < -0.39 is 6.04 Å². The molecule has 1 aliphatic carbocycles. The molecule has 0 saturated heterocycles. The van der Waals surface area contributed by atoms with Gasteiger partial charge in [-0.25, -0.2) is 0 Å². The molecule has 0 spiro atoms. The van der Waals surface area contributed by atoms with Crippen molar-refractivity contribution in [1.82, 2.24) is 10.2 Å². The van der Waals surface area contributed by atoms with Gasteiger partial charge in [-0.05, 0) is 55.0 Å². The Hall–Kier alpha value is -3.60. The van der Waals surface area contributed by atoms with E-state index in [9.17, 15) is 9.59 Å². The van der Waals surface area contributed by atoms with Crippen molar-refractivity contribution in [3.05, 3.63) is 102 Å². The molecule has 0 aromatic heterocycles. The van der Waals surface area contributed by atoms with Crippen LogP contribution >= 0.6 is 0 Å². The number of nitrogens with zero attached hydrogens (tertiary/aromatic N) is 1. The lowest BCUT2D eigenvalue weighted by Gasteiger charge is -2.34. The van der Waals surface area contributed by atoms with Crippen LogP contribution in [0.5, 0.6) is 5.75 Å². The van der Waals surface area contributed by atoms with E-state index in [0.717, 1.165) is 48.1 Å². The predicted octanol–water partition coefficient (Wildman–Crippen LogP) is 6.24. The molecule has 200 valence electrons. The van der Waals surface area contributed by atoms with E-state index in [-0.39, 0.29) is 17.9 Å². The minimum Gasteiger partial charge on any atom is -0.494 e. The van der Waals surface area contributed by atoms with Crippen molar-refractivity contribution in [3.63, 3.8) is 0 Å². The van der Waals surface area contributed by atoms with Crippen LogP contribution < -0.4 is 10.1 Å². The zero-order valence-electron chi connectivity index (χ0n) is 22.5. The highest BCUT2D eigenvalue weighted by Gasteiger charge is 2.31. The lowest BCUT2D eigenvalue weighted by atomic mass is 9.94. The van der Waals surface area contributed by atoms with Crippen LogP contribution in [-0.2, 0) is 22.6 Å². The number of carbonyl (C=O) groups excluding carboxylic acids is 2. The number of benzene rings is 3. The molecule has 1 saturated carbocycles. The fourth-order valence-corrected chi connectivity index (χ4v) is 5.14. The smallest absolute Gasteiger partial charge is 0.243 e. The molecule has 1 atom stereocenters. The average molecular weight is 513 g/mol. The molecule has 5 nitrogen and oxygen atoms in total. The third-order valence-corrected chi connectivity index (χ3v) is 7.37. The van der Waals surface area contributed by atoms with Crippen LogP contribution in [0.1, 0.15) is 61.6 Å². The maximum absolute atomic E-state index is 13.8. The Balaban J connectivity index is 1.53. The van der Waals surface area contributed by atoms with Crippen LogP contribution in [0, 0.1) is 6.92 Å². The number of nitrogens with one attached hydrogen (secondary N) is 1. The highest BCUT2D eigenvalue weighted by atomic mass is 16.5. The molecule has 4 rings (SSSR count). The largest absolute Gasteiger partial charge is 0.494 e. The van der Waals surface area contributed by atoms with Crippen molar-refractivity contribution in [2.45, 2.75) is 76.9 Å². The molecule has 3 aromatic carbocycles. The first kappa shape index (κ1) is 27.4. The molecule has 3 aromatic rings. The van der Waals surface area contributed by atoms with E-state index >= 15 is 0 Å². The number of hydrogen-bond donors (Lipinski definition) is 1. The van der Waals surface area contributed by atoms with Crippen LogP contribution in [0.4, 0.5) is 0 Å². The summed E-state index contributed by atoms with van der Waals surface area (Å²) in [4.78, 5) is 29.4. The first-order valence-electron chi connectivity index (χ1n) is 14.0. The van der Waals surface area contributed by atoms with Gasteiger partial charge < -0.3 is 15.0 Å². The normalized spacial score (nSPS) is 14.4. The number of carbonyl (C=O) groups is 2. The number of hydrogen-bond acceptors (Lipinski definition) is 3. The van der Waals surface area contributed by atoms with Gasteiger partial charge >= 0.3 is 0 Å². The lowest BCUT2D eigenvalue weighted by molar-refractivity contribution is -0.141. The topological polar surface area (TPSA) is 58.6 Å². The van der Waals surface area contributed by atoms with Crippen molar-refractivity contribution in [2.24, 2.45) is 0 Å². The minimum atomic E-state index is -0.582. The Morgan fingerprint density at radius 2 is 1.55 bits per heavy atom. The van der Waals surface area contributed by atoms with Crippen LogP contribution in [0.2, 0.25) is 0 Å². The van der Waals surface area contributed by atoms with Gasteiger partial charge in [-0.3, -0.25) is 9.59 Å². The van der Waals surface area contributed by atoms with Crippen molar-refractivity contribution < 1.29 is 14.3 Å². The van der Waals surface area contributed by atoms with E-state index in [1.165, 1.54) is 6.42 Å². The maximum atomic E-state index is 13.8. The van der Waals surface area contributed by atoms with Crippen molar-refractivity contribution in [2.75, 3.05) is 6.61 Å². The van der Waals surface area contributed by atoms with Crippen molar-refractivity contribution in [3.8, 4) is 5.75 Å². The van der Waals surface area contributed by atoms with Gasteiger partial charge in [-0.15, -0.1) is 0 Å². The van der Waals surface area contributed by atoms with Gasteiger partial charge in [0.15, 0.2) is 0 Å². The molecular formula is C33H40N2O3. The van der Waals surface area contributed by atoms with Crippen molar-refractivity contribution in [1.29, 1.82) is 0 Å². The second-order valence-electron chi connectivity index (χ2n) is 10.3. The fourth-order valence-electron chi connectivity index (χ4n) is 5.14. The first-order chi connectivity index (χ1) is 18.6. The zero-order chi connectivity index (χ0) is 26.6. The quantitative estimate of drug-likeness (QED) is 0.292. The van der Waals surface area contributed by atoms with E-state index in [1.54, 1.807) is 4.90 Å². The molecule has 1 N–H and O–H groups in total. The van der Waals surface area contributed by atoms with Gasteiger partial charge in [0.2, 0.25) is 11.8 Å². The molecule has 0 unspecified atom stereocenters. The second kappa shape index (κ2) is 14.4. The highest BCUT2D eigenvalue weighted by Crippen LogP contribution is 2.21. The third-order valence-electron chi connectivity index (χ3n) is 7.37. The summed E-state index contributed by atoms with van der Waals surface area (Å²) in [5.41, 5.74) is 3.22. The molecule has 38 heavy (non-hydrogen) atoms. The van der Waals surface area contributed by atoms with Crippen molar-refractivity contribution >= 4 is 11.8 Å². The van der Waals surface area contributed by atoms with Gasteiger partial charge in [0.1, 0.15) is 11.8 Å². The maximum Gasteiger partial charge on any atom is 0.243 e. The van der Waals surface area contributed by atoms with Gasteiger partial charge in [-0.1, -0.05) is 92.1 Å². The summed E-state index contributed by atoms with van der Waals surface area (Å²) in [5, 5.41) is 3.31. The van der Waals surface area contributed by atoms with Gasteiger partial charge in [0.25, 0.3) is 0 Å². The number of ether oxygens (including phenoxy) is 1. The number of rotatable bonds is 12. The zero-order valence-corrected chi connectivity index (χ0v) is 22.5. The molecule has 1 fully saturated rings. The summed E-state index contributed by atoms with van der Waals surface area (Å²) < 4.78 is 5.83. The SMILES string of the molecule is Cc1ccccc1CN(C(=O)CCCOc1ccccc1)[C@H](Cc1ccccc1)C(=O)NC1CCCCC1. The summed E-state index contributed by atoms with van der Waals surface area (Å²) in [5.74, 6) is 0.721. The third kappa shape index (κ3) is 8.20. The summed E-state index contributed by atoms with van der Waals surface area (Å²) in [6, 6.07) is 27.4. The van der Waals surface area contributed by atoms with E-state index in [1.807, 2.05) is 78.9 Å². The molecule has 1 aliphatic rings. The molecule has 0 radical (unpaired) electrons. The molecule has 2 amide bonds. The summed E-state index contributed by atoms with van der Waals surface area (Å²) in [6.07, 6.45) is 6.91. The average Bonchev–Trinajstić information content (AvgIpc) is 2.95. The number of aryl methyl sites for hydroxylation is 1. The Morgan fingerprint density at radius 3 is 2.26 bits per heavy atom. The summed E-state index contributed by atoms with van der Waals surface area (Å²) >= 11 is 0. The van der Waals surface area contributed by atoms with Gasteiger partial charge in [0, 0.05) is 25.4 Å². The Bertz CT molecular complexity index is 1140. The van der Waals surface area contributed by atoms with Crippen LogP contribution in [0.3, 0.4) is 0 Å². The predicted molar refractivity (Wildman–Crippen MR) is 152 cm³/mol. The molecule has 0 heterocycles. The molecular weight excluding hydrogens is 472 g/mol. The van der Waals surface area contributed by atoms with Crippen LogP contribution in [-0.4, -0.2) is 35.4 Å². The number of amides is 2. The highest BCUT2D eigenvalue weighted by molar-refractivity contribution is 5.88. The second-order valence-corrected chi connectivity index (χ2v) is 10.3. The van der Waals surface area contributed by atoms with Crippen LogP contribution in [0.25, 0.3) is 0 Å². The molecule has 0 aliphatic heterocycles. The minimum absolute atomic E-state index is 0.0235. The number of para-hydroxylation sites is 1. The van der Waals surface area contributed by atoms with E-state index in [2.05, 4.69) is 18.3 Å². The molecule has 5 heteroatoms. The Labute approximate surface area is 227 Å². The standard InChI is InChI=1S/C33H40N2O3/c1-26-14-11-12-17-28(26)25-35(32(36)22-13-23-38-30-20-9-4-10-21-30)31(24-27-15-5-2-6-16-27)33(37)34-29-18-7-3-8-19-29/h2,4-6,9-12,14-17,20-21,29,31H,3,7-8,13,18-19,22-25H2,1H3,(H,34,37)/t31-/m1/s1. The van der Waals surface area contributed by atoms with Crippen LogP contribution in [0.15, 0.2) is 84.9 Å². The van der Waals surface area contributed by atoms with Gasteiger partial charge in [-0.2, -0.15) is 0 Å².